The molecular formula is C27H23ClN2O6S. The molecule has 37 heavy (non-hydrogen) atoms. The van der Waals surface area contributed by atoms with Crippen LogP contribution in [0.15, 0.2) is 72.8 Å². The monoisotopic (exact) mass is 538 g/mol. The smallest absolute Gasteiger partial charge is 0.326 e. The number of thiol groups is 1. The van der Waals surface area contributed by atoms with Gasteiger partial charge in [-0.25, -0.2) is 18.2 Å². The highest BCUT2D eigenvalue weighted by Crippen LogP contribution is 2.25. The quantitative estimate of drug-likeness (QED) is 0.274. The molecule has 0 radical (unpaired) electrons. The van der Waals surface area contributed by atoms with Crippen molar-refractivity contribution in [3.05, 3.63) is 94.5 Å². The van der Waals surface area contributed by atoms with Crippen molar-refractivity contribution in [1.82, 2.24) is 10.3 Å². The largest absolute Gasteiger partial charge is 0.497 e. The lowest BCUT2D eigenvalue weighted by atomic mass is 10.0. The first-order valence-corrected chi connectivity index (χ1v) is 13.0. The molecule has 1 heterocycles. The predicted octanol–water partition coefficient (Wildman–Crippen LogP) is 4.10. The van der Waals surface area contributed by atoms with Crippen molar-refractivity contribution in [3.63, 3.8) is 0 Å². The van der Waals surface area contributed by atoms with Crippen molar-refractivity contribution < 1.29 is 27.9 Å². The van der Waals surface area contributed by atoms with Gasteiger partial charge < -0.3 is 15.2 Å². The van der Waals surface area contributed by atoms with Crippen molar-refractivity contribution in [3.8, 4) is 17.0 Å². The van der Waals surface area contributed by atoms with Crippen LogP contribution in [-0.4, -0.2) is 43.5 Å². The fraction of sp³-hybridized carbons (Fsp3) is 0.148. The zero-order chi connectivity index (χ0) is 26.5. The number of hydrogen-bond acceptors (Lipinski definition) is 6. The lowest BCUT2D eigenvalue weighted by molar-refractivity contribution is -0.139. The Morgan fingerprint density at radius 2 is 1.81 bits per heavy atom. The number of benzene rings is 3. The first-order chi connectivity index (χ1) is 17.7. The van der Waals surface area contributed by atoms with Gasteiger partial charge in [0, 0.05) is 17.4 Å². The molecule has 8 nitrogen and oxygen atoms in total. The average molecular weight is 539 g/mol. The van der Waals surface area contributed by atoms with Crippen LogP contribution in [0, 0.1) is 0 Å². The third-order valence-electron chi connectivity index (χ3n) is 5.75. The minimum atomic E-state index is -2.64. The van der Waals surface area contributed by atoms with Gasteiger partial charge >= 0.3 is 5.97 Å². The SMILES string of the molecule is COc1cccc(-c2ccc3cc(CC(NC(=O)c4ccc(C[SH](=O)=O)cc4Cl)C(=O)O)ccc3n2)c1. The van der Waals surface area contributed by atoms with E-state index in [9.17, 15) is 23.1 Å². The lowest BCUT2D eigenvalue weighted by Crippen LogP contribution is -2.42. The van der Waals surface area contributed by atoms with Crippen LogP contribution in [0.3, 0.4) is 0 Å². The molecule has 0 aliphatic carbocycles. The van der Waals surface area contributed by atoms with Gasteiger partial charge in [-0.3, -0.25) is 4.79 Å². The van der Waals surface area contributed by atoms with E-state index in [0.717, 1.165) is 27.9 Å². The van der Waals surface area contributed by atoms with E-state index in [0.29, 0.717) is 11.1 Å². The molecule has 1 amide bonds. The summed E-state index contributed by atoms with van der Waals surface area (Å²) in [5, 5.41) is 13.1. The highest BCUT2D eigenvalue weighted by atomic mass is 35.5. The first kappa shape index (κ1) is 26.1. The maximum atomic E-state index is 12.7. The molecule has 2 N–H and O–H groups in total. The molecule has 1 unspecified atom stereocenters. The Kier molecular flexibility index (Phi) is 8.05. The minimum absolute atomic E-state index is 0.0413. The summed E-state index contributed by atoms with van der Waals surface area (Å²) in [7, 11) is -1.04. The van der Waals surface area contributed by atoms with Crippen molar-refractivity contribution in [1.29, 1.82) is 0 Å². The molecule has 0 aliphatic heterocycles. The molecule has 4 rings (SSSR count). The molecule has 0 bridgehead atoms. The van der Waals surface area contributed by atoms with E-state index >= 15 is 0 Å². The maximum Gasteiger partial charge on any atom is 0.326 e. The Bertz CT molecular complexity index is 1560. The van der Waals surface area contributed by atoms with Crippen molar-refractivity contribution in [2.75, 3.05) is 7.11 Å². The van der Waals surface area contributed by atoms with Crippen LogP contribution in [-0.2, 0) is 27.7 Å². The molecule has 4 aromatic rings. The third-order valence-corrected chi connectivity index (χ3v) is 6.69. The average Bonchev–Trinajstić information content (AvgIpc) is 2.87. The number of aliphatic carboxylic acids is 1. The second kappa shape index (κ2) is 11.4. The van der Waals surface area contributed by atoms with Crippen LogP contribution in [0.2, 0.25) is 5.02 Å². The number of carbonyl (C=O) groups excluding carboxylic acids is 1. The second-order valence-electron chi connectivity index (χ2n) is 8.33. The van der Waals surface area contributed by atoms with E-state index in [1.54, 1.807) is 13.2 Å². The number of carboxylic acids is 1. The molecule has 190 valence electrons. The summed E-state index contributed by atoms with van der Waals surface area (Å²) in [5.74, 6) is -1.34. The summed E-state index contributed by atoms with van der Waals surface area (Å²) in [4.78, 5) is 29.4. The molecule has 10 heteroatoms. The molecule has 0 aliphatic rings. The number of nitrogens with zero attached hydrogens (tertiary/aromatic N) is 1. The Morgan fingerprint density at radius 1 is 1.03 bits per heavy atom. The summed E-state index contributed by atoms with van der Waals surface area (Å²) in [6.45, 7) is 0. The summed E-state index contributed by atoms with van der Waals surface area (Å²) < 4.78 is 27.1. The Morgan fingerprint density at radius 3 is 2.51 bits per heavy atom. The van der Waals surface area contributed by atoms with Crippen molar-refractivity contribution in [2.45, 2.75) is 18.2 Å². The maximum absolute atomic E-state index is 12.7. The third kappa shape index (κ3) is 6.44. The number of methoxy groups -OCH3 is 1. The van der Waals surface area contributed by atoms with Crippen LogP contribution < -0.4 is 10.1 Å². The van der Waals surface area contributed by atoms with Crippen LogP contribution in [0.5, 0.6) is 5.75 Å². The van der Waals surface area contributed by atoms with Gasteiger partial charge in [0.15, 0.2) is 0 Å². The first-order valence-electron chi connectivity index (χ1n) is 11.2. The number of hydrogen-bond donors (Lipinski definition) is 3. The highest BCUT2D eigenvalue weighted by Gasteiger charge is 2.23. The van der Waals surface area contributed by atoms with E-state index in [-0.39, 0.29) is 22.8 Å². The van der Waals surface area contributed by atoms with Gasteiger partial charge in [-0.2, -0.15) is 0 Å². The van der Waals surface area contributed by atoms with Crippen LogP contribution >= 0.6 is 11.6 Å². The number of halogens is 1. The Labute approximate surface area is 219 Å². The number of amides is 1. The van der Waals surface area contributed by atoms with Crippen molar-refractivity contribution >= 4 is 45.1 Å². The topological polar surface area (TPSA) is 123 Å². The molecule has 0 spiro atoms. The molecule has 0 saturated carbocycles. The van der Waals surface area contributed by atoms with E-state index in [1.807, 2.05) is 48.5 Å². The number of carboxylic acid groups (broad SMARTS) is 1. The van der Waals surface area contributed by atoms with Gasteiger partial charge in [0.25, 0.3) is 5.91 Å². The van der Waals surface area contributed by atoms with E-state index < -0.39 is 28.6 Å². The summed E-state index contributed by atoms with van der Waals surface area (Å²) in [5.41, 5.74) is 3.63. The molecular weight excluding hydrogens is 516 g/mol. The van der Waals surface area contributed by atoms with Gasteiger partial charge in [0.05, 0.1) is 34.7 Å². The molecule has 1 aromatic heterocycles. The van der Waals surface area contributed by atoms with Crippen LogP contribution in [0.4, 0.5) is 0 Å². The minimum Gasteiger partial charge on any atom is -0.497 e. The lowest BCUT2D eigenvalue weighted by Gasteiger charge is -2.16. The van der Waals surface area contributed by atoms with Crippen LogP contribution in [0.25, 0.3) is 22.2 Å². The van der Waals surface area contributed by atoms with Crippen LogP contribution in [0.1, 0.15) is 21.5 Å². The summed E-state index contributed by atoms with van der Waals surface area (Å²) >= 11 is 6.15. The molecule has 1 atom stereocenters. The summed E-state index contributed by atoms with van der Waals surface area (Å²) in [6, 6.07) is 19.8. The fourth-order valence-corrected chi connectivity index (χ4v) is 4.69. The number of ether oxygens (including phenoxy) is 1. The molecule has 0 fully saturated rings. The zero-order valence-corrected chi connectivity index (χ0v) is 21.3. The standard InChI is InChI=1S/C27H23ClN2O6S/c1-36-20-4-2-3-18(14-20)24-10-7-19-11-16(6-9-23(19)29-24)13-25(27(32)33)30-26(31)21-8-5-17(12-22(21)28)15-37(34)35/h2-12,14,25,37H,13,15H2,1H3,(H,30,31)(H,32,33). The molecule has 3 aromatic carbocycles. The number of rotatable bonds is 9. The van der Waals surface area contributed by atoms with Gasteiger partial charge in [0.1, 0.15) is 22.5 Å². The number of carbonyl (C=O) groups is 2. The van der Waals surface area contributed by atoms with Gasteiger partial charge in [-0.15, -0.1) is 0 Å². The van der Waals surface area contributed by atoms with Crippen molar-refractivity contribution in [2.24, 2.45) is 0 Å². The van der Waals surface area contributed by atoms with Gasteiger partial charge in [0.2, 0.25) is 0 Å². The normalized spacial score (nSPS) is 11.9. The number of fused-ring (bicyclic) bond motifs is 1. The zero-order valence-electron chi connectivity index (χ0n) is 19.7. The van der Waals surface area contributed by atoms with Gasteiger partial charge in [-0.1, -0.05) is 41.9 Å². The summed E-state index contributed by atoms with van der Waals surface area (Å²) in [6.07, 6.45) is 0.0427. The Balaban J connectivity index is 1.51. The fourth-order valence-electron chi connectivity index (χ4n) is 3.91. The molecule has 0 saturated heterocycles. The number of aromatic nitrogens is 1. The second-order valence-corrected chi connectivity index (χ2v) is 9.72. The van der Waals surface area contributed by atoms with Gasteiger partial charge in [-0.05, 0) is 53.6 Å². The Hall–Kier alpha value is -3.95. The highest BCUT2D eigenvalue weighted by molar-refractivity contribution is 7.71. The number of pyridine rings is 1. The van der Waals surface area contributed by atoms with E-state index in [4.69, 9.17) is 21.3 Å². The predicted molar refractivity (Wildman–Crippen MR) is 142 cm³/mol. The van der Waals surface area contributed by atoms with E-state index in [1.165, 1.54) is 18.2 Å². The van der Waals surface area contributed by atoms with E-state index in [2.05, 4.69) is 5.32 Å². The number of nitrogens with one attached hydrogen (secondary N) is 1.